The zero-order valence-electron chi connectivity index (χ0n) is 19.8. The topological polar surface area (TPSA) is 58.4 Å². The molecule has 1 aromatic heterocycles. The smallest absolute Gasteiger partial charge is 0.265 e. The van der Waals surface area contributed by atoms with Crippen molar-refractivity contribution in [2.75, 3.05) is 32.7 Å². The fraction of sp³-hybridized carbons (Fsp3) is 0.207. The van der Waals surface area contributed by atoms with Gasteiger partial charge in [-0.25, -0.2) is 4.98 Å². The van der Waals surface area contributed by atoms with Gasteiger partial charge in [0, 0.05) is 38.3 Å². The summed E-state index contributed by atoms with van der Waals surface area (Å²) in [4.78, 5) is 34.9. The van der Waals surface area contributed by atoms with Gasteiger partial charge in [-0.1, -0.05) is 54.6 Å². The Morgan fingerprint density at radius 1 is 0.886 bits per heavy atom. The third-order valence-corrected chi connectivity index (χ3v) is 6.45. The van der Waals surface area contributed by atoms with Crippen LogP contribution in [0.2, 0.25) is 0 Å². The maximum absolute atomic E-state index is 13.1. The first-order valence-corrected chi connectivity index (χ1v) is 11.9. The van der Waals surface area contributed by atoms with Crippen molar-refractivity contribution in [2.45, 2.75) is 6.92 Å². The van der Waals surface area contributed by atoms with E-state index in [1.54, 1.807) is 22.8 Å². The van der Waals surface area contributed by atoms with Gasteiger partial charge in [0.2, 0.25) is 0 Å². The van der Waals surface area contributed by atoms with E-state index in [4.69, 9.17) is 0 Å². The highest BCUT2D eigenvalue weighted by molar-refractivity contribution is 5.94. The van der Waals surface area contributed by atoms with Crippen molar-refractivity contribution in [3.8, 4) is 5.69 Å². The SMILES string of the molecule is Cc1nc2ccccc2c(=O)n1-c1ccc(C(=O)N2CCN(C/C=C/c3ccccc3)CC2)cc1. The van der Waals surface area contributed by atoms with Crippen LogP contribution in [0.4, 0.5) is 0 Å². The fourth-order valence-corrected chi connectivity index (χ4v) is 4.52. The maximum Gasteiger partial charge on any atom is 0.265 e. The Labute approximate surface area is 204 Å². The Morgan fingerprint density at radius 3 is 2.31 bits per heavy atom. The van der Waals surface area contributed by atoms with Crippen LogP contribution in [0.3, 0.4) is 0 Å². The quantitative estimate of drug-likeness (QED) is 0.445. The molecule has 6 nitrogen and oxygen atoms in total. The van der Waals surface area contributed by atoms with Crippen LogP contribution in [0.15, 0.2) is 89.7 Å². The van der Waals surface area contributed by atoms with Crippen LogP contribution in [-0.4, -0.2) is 58.0 Å². The van der Waals surface area contributed by atoms with Crippen LogP contribution in [0, 0.1) is 6.92 Å². The number of benzene rings is 3. The van der Waals surface area contributed by atoms with Crippen LogP contribution in [0.5, 0.6) is 0 Å². The van der Waals surface area contributed by atoms with Gasteiger partial charge < -0.3 is 4.90 Å². The predicted molar refractivity (Wildman–Crippen MR) is 140 cm³/mol. The number of carbonyl (C=O) groups excluding carboxylic acids is 1. The highest BCUT2D eigenvalue weighted by atomic mass is 16.2. The molecule has 0 bridgehead atoms. The average Bonchev–Trinajstić information content (AvgIpc) is 2.90. The molecule has 0 radical (unpaired) electrons. The van der Waals surface area contributed by atoms with E-state index < -0.39 is 0 Å². The van der Waals surface area contributed by atoms with Gasteiger partial charge in [0.1, 0.15) is 5.82 Å². The Bertz CT molecular complexity index is 1420. The van der Waals surface area contributed by atoms with Crippen LogP contribution in [0.25, 0.3) is 22.7 Å². The van der Waals surface area contributed by atoms with Crippen LogP contribution < -0.4 is 5.56 Å². The summed E-state index contributed by atoms with van der Waals surface area (Å²) in [7, 11) is 0. The van der Waals surface area contributed by atoms with Crippen molar-refractivity contribution in [3.63, 3.8) is 0 Å². The fourth-order valence-electron chi connectivity index (χ4n) is 4.52. The number of fused-ring (bicyclic) bond motifs is 1. The number of para-hydroxylation sites is 1. The summed E-state index contributed by atoms with van der Waals surface area (Å²) in [5.41, 5.74) is 3.11. The molecule has 1 aliphatic heterocycles. The summed E-state index contributed by atoms with van der Waals surface area (Å²) in [6, 6.07) is 24.9. The third kappa shape index (κ3) is 4.93. The molecule has 0 unspecified atom stereocenters. The molecule has 0 aliphatic carbocycles. The number of aryl methyl sites for hydroxylation is 1. The predicted octanol–water partition coefficient (Wildman–Crippen LogP) is 4.17. The number of piperazine rings is 1. The molecule has 0 N–H and O–H groups in total. The van der Waals surface area contributed by atoms with Gasteiger partial charge in [-0.2, -0.15) is 0 Å². The van der Waals surface area contributed by atoms with Crippen molar-refractivity contribution in [1.82, 2.24) is 19.4 Å². The molecule has 4 aromatic rings. The maximum atomic E-state index is 13.1. The highest BCUT2D eigenvalue weighted by Gasteiger charge is 2.21. The van der Waals surface area contributed by atoms with Crippen molar-refractivity contribution in [1.29, 1.82) is 0 Å². The number of amides is 1. The van der Waals surface area contributed by atoms with Gasteiger partial charge in [-0.3, -0.25) is 19.1 Å². The van der Waals surface area contributed by atoms with Crippen molar-refractivity contribution in [3.05, 3.63) is 112 Å². The first-order chi connectivity index (χ1) is 17.1. The van der Waals surface area contributed by atoms with E-state index in [9.17, 15) is 9.59 Å². The molecule has 3 aromatic carbocycles. The summed E-state index contributed by atoms with van der Waals surface area (Å²) >= 11 is 0. The minimum atomic E-state index is -0.107. The number of rotatable bonds is 5. The molecule has 2 heterocycles. The summed E-state index contributed by atoms with van der Waals surface area (Å²) in [5, 5.41) is 0.578. The second kappa shape index (κ2) is 10.1. The number of nitrogens with zero attached hydrogens (tertiary/aromatic N) is 4. The Morgan fingerprint density at radius 2 is 1.57 bits per heavy atom. The average molecular weight is 465 g/mol. The molecule has 5 rings (SSSR count). The lowest BCUT2D eigenvalue weighted by molar-refractivity contribution is 0.0650. The number of aromatic nitrogens is 2. The van der Waals surface area contributed by atoms with E-state index in [0.29, 0.717) is 41.1 Å². The first kappa shape index (κ1) is 22.7. The van der Waals surface area contributed by atoms with Crippen LogP contribution in [0.1, 0.15) is 21.7 Å². The molecule has 35 heavy (non-hydrogen) atoms. The molecule has 6 heteroatoms. The Hall–Kier alpha value is -4.03. The highest BCUT2D eigenvalue weighted by Crippen LogP contribution is 2.15. The van der Waals surface area contributed by atoms with Gasteiger partial charge in [-0.15, -0.1) is 0 Å². The van der Waals surface area contributed by atoms with Crippen molar-refractivity contribution < 1.29 is 4.79 Å². The summed E-state index contributed by atoms with van der Waals surface area (Å²) in [6.07, 6.45) is 4.31. The van der Waals surface area contributed by atoms with Gasteiger partial charge in [0.25, 0.3) is 11.5 Å². The summed E-state index contributed by atoms with van der Waals surface area (Å²) < 4.78 is 1.60. The normalized spacial score (nSPS) is 14.6. The second-order valence-corrected chi connectivity index (χ2v) is 8.77. The van der Waals surface area contributed by atoms with Crippen molar-refractivity contribution in [2.24, 2.45) is 0 Å². The minimum Gasteiger partial charge on any atom is -0.336 e. The summed E-state index contributed by atoms with van der Waals surface area (Å²) in [5.74, 6) is 0.641. The van der Waals surface area contributed by atoms with Gasteiger partial charge >= 0.3 is 0 Å². The molecule has 0 atom stereocenters. The second-order valence-electron chi connectivity index (χ2n) is 8.77. The third-order valence-electron chi connectivity index (χ3n) is 6.45. The number of hydrogen-bond donors (Lipinski definition) is 0. The van der Waals surface area contributed by atoms with Crippen LogP contribution in [-0.2, 0) is 0 Å². The first-order valence-electron chi connectivity index (χ1n) is 11.9. The molecule has 1 aliphatic rings. The Kier molecular flexibility index (Phi) is 6.55. The van der Waals surface area contributed by atoms with E-state index in [-0.39, 0.29) is 11.5 Å². The van der Waals surface area contributed by atoms with E-state index in [1.807, 2.05) is 60.4 Å². The van der Waals surface area contributed by atoms with Gasteiger partial charge in [0.05, 0.1) is 16.6 Å². The number of hydrogen-bond acceptors (Lipinski definition) is 4. The standard InChI is InChI=1S/C29H28N4O2/c1-22-30-27-12-6-5-11-26(27)29(35)33(22)25-15-13-24(14-16-25)28(34)32-20-18-31(19-21-32)17-7-10-23-8-3-2-4-9-23/h2-16H,17-21H2,1H3/b10-7+. The van der Waals surface area contributed by atoms with Gasteiger partial charge in [-0.05, 0) is 48.9 Å². The molecule has 1 amide bonds. The minimum absolute atomic E-state index is 0.0248. The molecular weight excluding hydrogens is 436 g/mol. The van der Waals surface area contributed by atoms with E-state index in [1.165, 1.54) is 5.56 Å². The number of carbonyl (C=O) groups is 1. The zero-order chi connectivity index (χ0) is 24.2. The molecule has 0 saturated carbocycles. The van der Waals surface area contributed by atoms with E-state index >= 15 is 0 Å². The van der Waals surface area contributed by atoms with E-state index in [2.05, 4.69) is 34.2 Å². The van der Waals surface area contributed by atoms with E-state index in [0.717, 1.165) is 19.6 Å². The molecule has 1 saturated heterocycles. The molecular formula is C29H28N4O2. The zero-order valence-corrected chi connectivity index (χ0v) is 19.8. The largest absolute Gasteiger partial charge is 0.336 e. The monoisotopic (exact) mass is 464 g/mol. The lowest BCUT2D eigenvalue weighted by atomic mass is 10.1. The van der Waals surface area contributed by atoms with Crippen LogP contribution >= 0.6 is 0 Å². The summed E-state index contributed by atoms with van der Waals surface area (Å²) in [6.45, 7) is 5.79. The lowest BCUT2D eigenvalue weighted by Crippen LogP contribution is -2.48. The van der Waals surface area contributed by atoms with Crippen molar-refractivity contribution >= 4 is 22.9 Å². The Balaban J connectivity index is 1.23. The molecule has 176 valence electrons. The molecule has 0 spiro atoms. The lowest BCUT2D eigenvalue weighted by Gasteiger charge is -2.34. The van der Waals surface area contributed by atoms with Gasteiger partial charge in [0.15, 0.2) is 0 Å². The molecule has 1 fully saturated rings.